The van der Waals surface area contributed by atoms with E-state index in [1.165, 1.54) is 77.0 Å². The van der Waals surface area contributed by atoms with Crippen LogP contribution in [0.3, 0.4) is 0 Å². The summed E-state index contributed by atoms with van der Waals surface area (Å²) in [5.41, 5.74) is 0.492. The van der Waals surface area contributed by atoms with Gasteiger partial charge in [0.15, 0.2) is 0 Å². The quantitative estimate of drug-likeness (QED) is 0.175. The Morgan fingerprint density at radius 1 is 1.00 bits per heavy atom. The zero-order valence-electron chi connectivity index (χ0n) is 18.7. The third-order valence-electron chi connectivity index (χ3n) is 5.91. The number of hydrogen-bond donors (Lipinski definition) is 0. The van der Waals surface area contributed by atoms with Crippen molar-refractivity contribution in [2.75, 3.05) is 6.61 Å². The molecule has 1 aliphatic carbocycles. The number of carbonyl (C=O) groups is 1. The number of unbranched alkanes of at least 4 members (excludes halogenated alkanes) is 6. The van der Waals surface area contributed by atoms with Crippen molar-refractivity contribution >= 4 is 5.97 Å². The van der Waals surface area contributed by atoms with Gasteiger partial charge in [-0.25, -0.2) is 0 Å². The first-order valence-electron chi connectivity index (χ1n) is 11.7. The first kappa shape index (κ1) is 24.2. The second-order valence-electron chi connectivity index (χ2n) is 9.70. The Morgan fingerprint density at radius 2 is 1.74 bits per heavy atom. The summed E-state index contributed by atoms with van der Waals surface area (Å²) in [6.07, 6.45) is 22.7. The minimum atomic E-state index is -0.0306. The molecule has 1 saturated carbocycles. The van der Waals surface area contributed by atoms with Crippen LogP contribution in [0, 0.1) is 17.3 Å². The van der Waals surface area contributed by atoms with Crippen LogP contribution < -0.4 is 0 Å². The summed E-state index contributed by atoms with van der Waals surface area (Å²) < 4.78 is 4.98. The summed E-state index contributed by atoms with van der Waals surface area (Å²) in [4.78, 5) is 11.3. The summed E-state index contributed by atoms with van der Waals surface area (Å²) in [6, 6.07) is 0. The van der Waals surface area contributed by atoms with Gasteiger partial charge >= 0.3 is 5.97 Å². The van der Waals surface area contributed by atoms with Gasteiger partial charge in [0.05, 0.1) is 6.61 Å². The van der Waals surface area contributed by atoms with Gasteiger partial charge in [-0.15, -0.1) is 0 Å². The van der Waals surface area contributed by atoms with Crippen LogP contribution in [0.1, 0.15) is 118 Å². The molecule has 1 fully saturated rings. The first-order valence-corrected chi connectivity index (χ1v) is 11.7. The van der Waals surface area contributed by atoms with Crippen molar-refractivity contribution < 1.29 is 9.53 Å². The Hall–Kier alpha value is -0.790. The fourth-order valence-electron chi connectivity index (χ4n) is 4.31. The van der Waals surface area contributed by atoms with Gasteiger partial charge in [0.1, 0.15) is 0 Å². The van der Waals surface area contributed by atoms with Gasteiger partial charge in [0, 0.05) is 6.42 Å². The third-order valence-corrected chi connectivity index (χ3v) is 5.91. The number of carbonyl (C=O) groups excluding carboxylic acids is 1. The van der Waals surface area contributed by atoms with Gasteiger partial charge in [-0.2, -0.15) is 0 Å². The van der Waals surface area contributed by atoms with Gasteiger partial charge in [-0.3, -0.25) is 4.79 Å². The SMILES string of the molecule is CCOC(=O)CCCCCC[C@H]1CCC[C@@H]1C=CCCCCCC(C)(C)C. The van der Waals surface area contributed by atoms with Crippen LogP contribution in [0.4, 0.5) is 0 Å². The fourth-order valence-corrected chi connectivity index (χ4v) is 4.31. The van der Waals surface area contributed by atoms with Crippen molar-refractivity contribution in [3.8, 4) is 0 Å². The largest absolute Gasteiger partial charge is 0.466 e. The van der Waals surface area contributed by atoms with Gasteiger partial charge in [-0.1, -0.05) is 71.4 Å². The molecule has 27 heavy (non-hydrogen) atoms. The second-order valence-corrected chi connectivity index (χ2v) is 9.70. The van der Waals surface area contributed by atoms with Crippen molar-refractivity contribution in [3.63, 3.8) is 0 Å². The van der Waals surface area contributed by atoms with Gasteiger partial charge < -0.3 is 4.74 Å². The van der Waals surface area contributed by atoms with Crippen molar-refractivity contribution in [2.45, 2.75) is 118 Å². The average Bonchev–Trinajstić information content (AvgIpc) is 3.03. The molecule has 0 heterocycles. The lowest BCUT2D eigenvalue weighted by molar-refractivity contribution is -0.143. The lowest BCUT2D eigenvalue weighted by atomic mass is 9.89. The minimum Gasteiger partial charge on any atom is -0.466 e. The van der Waals surface area contributed by atoms with Crippen LogP contribution >= 0.6 is 0 Å². The third kappa shape index (κ3) is 13.1. The van der Waals surface area contributed by atoms with E-state index >= 15 is 0 Å². The van der Waals surface area contributed by atoms with E-state index in [4.69, 9.17) is 4.74 Å². The van der Waals surface area contributed by atoms with E-state index in [2.05, 4.69) is 32.9 Å². The molecule has 1 rings (SSSR count). The highest BCUT2D eigenvalue weighted by atomic mass is 16.5. The lowest BCUT2D eigenvalue weighted by Gasteiger charge is -2.17. The summed E-state index contributed by atoms with van der Waals surface area (Å²) in [6.45, 7) is 9.40. The van der Waals surface area contributed by atoms with Crippen molar-refractivity contribution in [3.05, 3.63) is 12.2 Å². The molecule has 0 aliphatic heterocycles. The summed E-state index contributed by atoms with van der Waals surface area (Å²) in [7, 11) is 0. The van der Waals surface area contributed by atoms with E-state index in [0.717, 1.165) is 18.3 Å². The topological polar surface area (TPSA) is 26.3 Å². The predicted octanol–water partition coefficient (Wildman–Crippen LogP) is 7.86. The molecule has 0 unspecified atom stereocenters. The van der Waals surface area contributed by atoms with Crippen LogP contribution in [0.15, 0.2) is 12.2 Å². The average molecular weight is 379 g/mol. The Labute approximate surface area is 169 Å². The zero-order valence-corrected chi connectivity index (χ0v) is 18.7. The van der Waals surface area contributed by atoms with Gasteiger partial charge in [-0.05, 0) is 69.1 Å². The molecule has 0 amide bonds. The zero-order chi connectivity index (χ0) is 20.0. The standard InChI is InChI=1S/C25H46O2/c1-5-27-24(26)20-13-9-8-12-17-23-19-15-18-22(23)16-11-7-6-10-14-21-25(2,3)4/h11,16,22-23H,5-10,12-15,17-21H2,1-4H3/t22-,23-/m0/s1. The predicted molar refractivity (Wildman–Crippen MR) is 117 cm³/mol. The molecule has 0 spiro atoms. The Kier molecular flexibility index (Phi) is 12.8. The van der Waals surface area contributed by atoms with Crippen molar-refractivity contribution in [1.29, 1.82) is 0 Å². The maximum atomic E-state index is 11.3. The van der Waals surface area contributed by atoms with Gasteiger partial charge in [0.2, 0.25) is 0 Å². The highest BCUT2D eigenvalue weighted by molar-refractivity contribution is 5.69. The molecule has 0 saturated heterocycles. The molecule has 158 valence electrons. The molecule has 0 aromatic carbocycles. The Bertz CT molecular complexity index is 405. The Balaban J connectivity index is 2.05. The lowest BCUT2D eigenvalue weighted by Crippen LogP contribution is -2.05. The van der Waals surface area contributed by atoms with E-state index in [9.17, 15) is 4.79 Å². The monoisotopic (exact) mass is 378 g/mol. The normalized spacial score (nSPS) is 20.4. The van der Waals surface area contributed by atoms with E-state index in [1.807, 2.05) is 6.92 Å². The summed E-state index contributed by atoms with van der Waals surface area (Å²) in [5, 5.41) is 0. The van der Waals surface area contributed by atoms with Crippen LogP contribution in [0.2, 0.25) is 0 Å². The number of allylic oxidation sites excluding steroid dienone is 2. The molecule has 2 atom stereocenters. The van der Waals surface area contributed by atoms with E-state index < -0.39 is 0 Å². The maximum Gasteiger partial charge on any atom is 0.305 e. The number of esters is 1. The molecular weight excluding hydrogens is 332 g/mol. The van der Waals surface area contributed by atoms with Crippen molar-refractivity contribution in [1.82, 2.24) is 0 Å². The molecule has 0 aromatic heterocycles. The molecule has 2 nitrogen and oxygen atoms in total. The number of rotatable bonds is 14. The van der Waals surface area contributed by atoms with Crippen LogP contribution in [-0.2, 0) is 9.53 Å². The number of hydrogen-bond acceptors (Lipinski definition) is 2. The Morgan fingerprint density at radius 3 is 2.48 bits per heavy atom. The molecule has 0 N–H and O–H groups in total. The molecule has 0 radical (unpaired) electrons. The summed E-state index contributed by atoms with van der Waals surface area (Å²) in [5.74, 6) is 1.71. The molecular formula is C25H46O2. The smallest absolute Gasteiger partial charge is 0.305 e. The minimum absolute atomic E-state index is 0.0306. The molecule has 0 bridgehead atoms. The van der Waals surface area contributed by atoms with Crippen LogP contribution in [-0.4, -0.2) is 12.6 Å². The van der Waals surface area contributed by atoms with E-state index in [-0.39, 0.29) is 5.97 Å². The van der Waals surface area contributed by atoms with Crippen molar-refractivity contribution in [2.24, 2.45) is 17.3 Å². The second kappa shape index (κ2) is 14.2. The van der Waals surface area contributed by atoms with E-state index in [0.29, 0.717) is 18.4 Å². The van der Waals surface area contributed by atoms with Crippen LogP contribution in [0.5, 0.6) is 0 Å². The van der Waals surface area contributed by atoms with E-state index in [1.54, 1.807) is 0 Å². The van der Waals surface area contributed by atoms with Crippen LogP contribution in [0.25, 0.3) is 0 Å². The molecule has 1 aliphatic rings. The highest BCUT2D eigenvalue weighted by Gasteiger charge is 2.24. The number of ether oxygens (including phenoxy) is 1. The van der Waals surface area contributed by atoms with Gasteiger partial charge in [0.25, 0.3) is 0 Å². The highest BCUT2D eigenvalue weighted by Crippen LogP contribution is 2.36. The molecule has 2 heteroatoms. The summed E-state index contributed by atoms with van der Waals surface area (Å²) >= 11 is 0. The first-order chi connectivity index (χ1) is 12.9. The fraction of sp³-hybridized carbons (Fsp3) is 0.880. The molecule has 0 aromatic rings. The maximum absolute atomic E-state index is 11.3.